The van der Waals surface area contributed by atoms with E-state index in [9.17, 15) is 9.59 Å². The Labute approximate surface area is 204 Å². The third kappa shape index (κ3) is 4.32. The number of rotatable bonds is 7. The molecule has 4 heterocycles. The lowest BCUT2D eigenvalue weighted by atomic mass is 9.83. The van der Waals surface area contributed by atoms with Gasteiger partial charge in [-0.3, -0.25) is 9.59 Å². The first kappa shape index (κ1) is 22.2. The minimum Gasteiger partial charge on any atom is -0.353 e. The highest BCUT2D eigenvalue weighted by molar-refractivity contribution is 7.23. The molecule has 1 N–H and O–H groups in total. The number of aryl methyl sites for hydroxylation is 1. The molecule has 170 valence electrons. The zero-order valence-corrected chi connectivity index (χ0v) is 20.7. The maximum Gasteiger partial charge on any atom is 0.266 e. The van der Waals surface area contributed by atoms with E-state index in [1.807, 2.05) is 29.8 Å². The van der Waals surface area contributed by atoms with Gasteiger partial charge in [0.05, 0.1) is 27.4 Å². The lowest BCUT2D eigenvalue weighted by molar-refractivity contribution is -0.126. The molecule has 0 saturated heterocycles. The third-order valence-corrected chi connectivity index (χ3v) is 9.41. The maximum absolute atomic E-state index is 13.2. The molecule has 4 aromatic heterocycles. The van der Waals surface area contributed by atoms with Crippen LogP contribution in [0, 0.1) is 6.92 Å². The largest absolute Gasteiger partial charge is 0.353 e. The minimum absolute atomic E-state index is 0.0607. The predicted molar refractivity (Wildman–Crippen MR) is 135 cm³/mol. The second kappa shape index (κ2) is 9.32. The molecule has 1 saturated carbocycles. The van der Waals surface area contributed by atoms with Gasteiger partial charge in [0.2, 0.25) is 5.91 Å². The van der Waals surface area contributed by atoms with Gasteiger partial charge in [0.15, 0.2) is 0 Å². The zero-order valence-electron chi connectivity index (χ0n) is 18.2. The van der Waals surface area contributed by atoms with Crippen LogP contribution in [-0.2, 0) is 16.8 Å². The van der Waals surface area contributed by atoms with E-state index in [0.29, 0.717) is 13.1 Å². The van der Waals surface area contributed by atoms with Gasteiger partial charge in [-0.25, -0.2) is 9.67 Å². The first-order valence-corrected chi connectivity index (χ1v) is 13.6. The SMILES string of the molecule is Cc1nc(-c2cccs2)sc1-c1ccc(=O)n(CCNC(=O)C2(c3cccs3)CCCC2)n1. The highest BCUT2D eigenvalue weighted by Gasteiger charge is 2.43. The average molecular weight is 497 g/mol. The van der Waals surface area contributed by atoms with E-state index in [0.717, 1.165) is 56.7 Å². The van der Waals surface area contributed by atoms with Crippen LogP contribution in [0.25, 0.3) is 20.5 Å². The number of thiophene rings is 2. The molecule has 0 aliphatic heterocycles. The molecule has 0 bridgehead atoms. The first-order valence-electron chi connectivity index (χ1n) is 11.0. The van der Waals surface area contributed by atoms with Gasteiger partial charge in [0.25, 0.3) is 5.56 Å². The van der Waals surface area contributed by atoms with E-state index in [4.69, 9.17) is 0 Å². The van der Waals surface area contributed by atoms with Crippen LogP contribution in [0.1, 0.15) is 36.3 Å². The van der Waals surface area contributed by atoms with E-state index in [1.54, 1.807) is 40.1 Å². The van der Waals surface area contributed by atoms with Crippen LogP contribution in [-0.4, -0.2) is 27.2 Å². The lowest BCUT2D eigenvalue weighted by Crippen LogP contribution is -2.43. The summed E-state index contributed by atoms with van der Waals surface area (Å²) in [5.41, 5.74) is 1.02. The molecule has 0 spiro atoms. The lowest BCUT2D eigenvalue weighted by Gasteiger charge is -2.26. The molecular weight excluding hydrogens is 472 g/mol. The summed E-state index contributed by atoms with van der Waals surface area (Å²) in [5, 5.41) is 12.7. The van der Waals surface area contributed by atoms with Gasteiger partial charge < -0.3 is 5.32 Å². The summed E-state index contributed by atoms with van der Waals surface area (Å²) >= 11 is 4.88. The number of aromatic nitrogens is 3. The molecule has 0 radical (unpaired) electrons. The summed E-state index contributed by atoms with van der Waals surface area (Å²) in [6.07, 6.45) is 3.89. The summed E-state index contributed by atoms with van der Waals surface area (Å²) in [5.74, 6) is 0.0607. The van der Waals surface area contributed by atoms with E-state index < -0.39 is 5.41 Å². The molecule has 1 aliphatic carbocycles. The average Bonchev–Trinajstić information content (AvgIpc) is 3.62. The fourth-order valence-electron chi connectivity index (χ4n) is 4.43. The monoisotopic (exact) mass is 496 g/mol. The molecule has 0 atom stereocenters. The van der Waals surface area contributed by atoms with Crippen LogP contribution in [0.2, 0.25) is 0 Å². The Balaban J connectivity index is 1.31. The molecule has 4 aromatic rings. The molecule has 5 rings (SSSR count). The van der Waals surface area contributed by atoms with E-state index in [1.165, 1.54) is 10.7 Å². The molecule has 0 unspecified atom stereocenters. The van der Waals surface area contributed by atoms with E-state index >= 15 is 0 Å². The molecule has 1 fully saturated rings. The van der Waals surface area contributed by atoms with Crippen molar-refractivity contribution in [1.29, 1.82) is 0 Å². The summed E-state index contributed by atoms with van der Waals surface area (Å²) in [6.45, 7) is 2.66. The van der Waals surface area contributed by atoms with Crippen LogP contribution < -0.4 is 10.9 Å². The minimum atomic E-state index is -0.424. The van der Waals surface area contributed by atoms with Crippen molar-refractivity contribution in [2.24, 2.45) is 0 Å². The van der Waals surface area contributed by atoms with Crippen molar-refractivity contribution in [3.05, 3.63) is 68.1 Å². The molecule has 1 aliphatic rings. The standard InChI is InChI=1S/C24H24N4O2S3/c1-16-21(33-22(26-16)18-6-4-14-31-18)17-8-9-20(29)28(27-17)13-12-25-23(30)24(10-2-3-11-24)19-7-5-15-32-19/h4-9,14-15H,2-3,10-13H2,1H3,(H,25,30). The van der Waals surface area contributed by atoms with Crippen LogP contribution in [0.3, 0.4) is 0 Å². The number of nitrogens with zero attached hydrogens (tertiary/aromatic N) is 3. The van der Waals surface area contributed by atoms with Gasteiger partial charge in [0, 0.05) is 17.5 Å². The second-order valence-electron chi connectivity index (χ2n) is 8.21. The van der Waals surface area contributed by atoms with E-state index in [-0.39, 0.29) is 11.5 Å². The Bertz CT molecular complexity index is 1300. The summed E-state index contributed by atoms with van der Waals surface area (Å²) in [4.78, 5) is 33.5. The Kier molecular flexibility index (Phi) is 6.27. The van der Waals surface area contributed by atoms with Gasteiger partial charge in [0.1, 0.15) is 10.7 Å². The Morgan fingerprint density at radius 3 is 2.64 bits per heavy atom. The van der Waals surface area contributed by atoms with Gasteiger partial charge in [-0.15, -0.1) is 34.0 Å². The highest BCUT2D eigenvalue weighted by Crippen LogP contribution is 2.43. The number of nitrogens with one attached hydrogen (secondary N) is 1. The van der Waals surface area contributed by atoms with Crippen molar-refractivity contribution in [2.45, 2.75) is 44.6 Å². The Hall–Kier alpha value is -2.62. The van der Waals surface area contributed by atoms with Crippen LogP contribution in [0.15, 0.2) is 52.0 Å². The van der Waals surface area contributed by atoms with Crippen LogP contribution in [0.5, 0.6) is 0 Å². The quantitative estimate of drug-likeness (QED) is 0.386. The van der Waals surface area contributed by atoms with Gasteiger partial charge in [-0.2, -0.15) is 5.10 Å². The summed E-state index contributed by atoms with van der Waals surface area (Å²) in [7, 11) is 0. The molecule has 33 heavy (non-hydrogen) atoms. The van der Waals surface area contributed by atoms with Crippen molar-refractivity contribution >= 4 is 39.9 Å². The number of hydrogen-bond acceptors (Lipinski definition) is 7. The normalized spacial score (nSPS) is 15.1. The van der Waals surface area contributed by atoms with E-state index in [2.05, 4.69) is 27.5 Å². The summed E-state index contributed by atoms with van der Waals surface area (Å²) < 4.78 is 1.44. The smallest absolute Gasteiger partial charge is 0.266 e. The highest BCUT2D eigenvalue weighted by atomic mass is 32.1. The van der Waals surface area contributed by atoms with Crippen molar-refractivity contribution in [3.8, 4) is 20.5 Å². The van der Waals surface area contributed by atoms with Crippen molar-refractivity contribution in [1.82, 2.24) is 20.1 Å². The van der Waals surface area contributed by atoms with Gasteiger partial charge >= 0.3 is 0 Å². The maximum atomic E-state index is 13.2. The number of carbonyl (C=O) groups excluding carboxylic acids is 1. The van der Waals surface area contributed by atoms with Crippen LogP contribution >= 0.6 is 34.0 Å². The van der Waals surface area contributed by atoms with Crippen molar-refractivity contribution < 1.29 is 4.79 Å². The van der Waals surface area contributed by atoms with Crippen molar-refractivity contribution in [3.63, 3.8) is 0 Å². The number of hydrogen-bond donors (Lipinski definition) is 1. The number of amides is 1. The van der Waals surface area contributed by atoms with Gasteiger partial charge in [-0.1, -0.05) is 25.0 Å². The third-order valence-electron chi connectivity index (χ3n) is 6.12. The molecule has 6 nitrogen and oxygen atoms in total. The second-order valence-corrected chi connectivity index (χ2v) is 11.1. The Morgan fingerprint density at radius 1 is 1.12 bits per heavy atom. The predicted octanol–water partition coefficient (Wildman–Crippen LogP) is 5.09. The molecule has 1 amide bonds. The van der Waals surface area contributed by atoms with Gasteiger partial charge in [-0.05, 0) is 48.7 Å². The summed E-state index contributed by atoms with van der Waals surface area (Å²) in [6, 6.07) is 11.4. The molecule has 0 aromatic carbocycles. The fraction of sp³-hybridized carbons (Fsp3) is 0.333. The van der Waals surface area contributed by atoms with Crippen molar-refractivity contribution in [2.75, 3.05) is 6.54 Å². The Morgan fingerprint density at radius 2 is 1.91 bits per heavy atom. The topological polar surface area (TPSA) is 76.9 Å². The fourth-order valence-corrected chi connectivity index (χ4v) is 7.24. The molecule has 9 heteroatoms. The number of thiazole rings is 1. The molecular formula is C24H24N4O2S3. The van der Waals surface area contributed by atoms with Crippen LogP contribution in [0.4, 0.5) is 0 Å². The first-order chi connectivity index (χ1) is 16.1. The number of carbonyl (C=O) groups is 1. The zero-order chi connectivity index (χ0) is 22.8.